The smallest absolute Gasteiger partial charge is 0.416 e. The van der Waals surface area contributed by atoms with Gasteiger partial charge in [-0.15, -0.1) is 0 Å². The highest BCUT2D eigenvalue weighted by atomic mass is 19.4. The third-order valence-corrected chi connectivity index (χ3v) is 4.78. The minimum atomic E-state index is -4.47. The molecule has 1 N–H and O–H groups in total. The Kier molecular flexibility index (Phi) is 5.29. The van der Waals surface area contributed by atoms with Gasteiger partial charge in [0, 0.05) is 19.2 Å². The number of morpholine rings is 1. The van der Waals surface area contributed by atoms with Crippen LogP contribution in [0.3, 0.4) is 0 Å². The van der Waals surface area contributed by atoms with Gasteiger partial charge in [0.05, 0.1) is 24.2 Å². The highest BCUT2D eigenvalue weighted by Crippen LogP contribution is 2.36. The van der Waals surface area contributed by atoms with E-state index in [0.29, 0.717) is 32.2 Å². The molecule has 30 heavy (non-hydrogen) atoms. The summed E-state index contributed by atoms with van der Waals surface area (Å²) in [7, 11) is 0. The number of phenolic OH excluding ortho intramolecular Hbond substituents is 1. The van der Waals surface area contributed by atoms with Gasteiger partial charge in [-0.2, -0.15) is 13.2 Å². The van der Waals surface area contributed by atoms with Crippen molar-refractivity contribution < 1.29 is 32.2 Å². The van der Waals surface area contributed by atoms with E-state index in [4.69, 9.17) is 13.9 Å². The molecule has 0 aliphatic carbocycles. The number of phenols is 1. The number of alkyl halides is 3. The summed E-state index contributed by atoms with van der Waals surface area (Å²) in [6, 6.07) is 8.76. The third kappa shape index (κ3) is 4.06. The molecule has 0 atom stereocenters. The number of nitrogens with zero attached hydrogens (tertiary/aromatic N) is 1. The van der Waals surface area contributed by atoms with Crippen LogP contribution in [-0.4, -0.2) is 31.4 Å². The molecule has 4 rings (SSSR count). The number of benzene rings is 2. The average Bonchev–Trinajstić information content (AvgIpc) is 2.73. The van der Waals surface area contributed by atoms with E-state index in [9.17, 15) is 23.1 Å². The Morgan fingerprint density at radius 2 is 1.87 bits per heavy atom. The highest BCUT2D eigenvalue weighted by Gasteiger charge is 2.30. The van der Waals surface area contributed by atoms with Gasteiger partial charge >= 0.3 is 6.18 Å². The van der Waals surface area contributed by atoms with Crippen molar-refractivity contribution in [2.45, 2.75) is 12.8 Å². The van der Waals surface area contributed by atoms with Crippen LogP contribution in [-0.2, 0) is 17.5 Å². The Bertz CT molecular complexity index is 1120. The van der Waals surface area contributed by atoms with Gasteiger partial charge < -0.3 is 23.9 Å². The summed E-state index contributed by atoms with van der Waals surface area (Å²) in [6.07, 6.45) is -4.47. The molecule has 1 aromatic heterocycles. The number of aromatic hydroxyl groups is 1. The predicted octanol–water partition coefficient (Wildman–Crippen LogP) is 3.93. The number of rotatable bonds is 4. The zero-order chi connectivity index (χ0) is 21.3. The van der Waals surface area contributed by atoms with Crippen LogP contribution in [0.4, 0.5) is 19.1 Å². The van der Waals surface area contributed by atoms with Crippen LogP contribution in [0.2, 0.25) is 0 Å². The van der Waals surface area contributed by atoms with Gasteiger partial charge in [-0.1, -0.05) is 12.1 Å². The quantitative estimate of drug-likeness (QED) is 0.688. The topological polar surface area (TPSA) is 72.1 Å². The fraction of sp³-hybridized carbons (Fsp3) is 0.286. The molecule has 9 heteroatoms. The molecule has 0 unspecified atom stereocenters. The number of fused-ring (bicyclic) bond motifs is 1. The molecule has 6 nitrogen and oxygen atoms in total. The Labute approximate surface area is 169 Å². The van der Waals surface area contributed by atoms with E-state index in [-0.39, 0.29) is 40.1 Å². The number of ether oxygens (including phenoxy) is 2. The van der Waals surface area contributed by atoms with Crippen LogP contribution in [0.25, 0.3) is 11.0 Å². The summed E-state index contributed by atoms with van der Waals surface area (Å²) in [4.78, 5) is 14.4. The monoisotopic (exact) mass is 421 g/mol. The maximum Gasteiger partial charge on any atom is 0.416 e. The molecule has 2 heterocycles. The van der Waals surface area contributed by atoms with Crippen LogP contribution in [0.5, 0.6) is 11.5 Å². The van der Waals surface area contributed by atoms with Crippen LogP contribution < -0.4 is 15.1 Å². The minimum absolute atomic E-state index is 0.0379. The zero-order valence-corrected chi connectivity index (χ0v) is 15.7. The molecular weight excluding hydrogens is 403 g/mol. The second kappa shape index (κ2) is 7.91. The van der Waals surface area contributed by atoms with Gasteiger partial charge in [-0.05, 0) is 29.8 Å². The molecule has 158 valence electrons. The average molecular weight is 421 g/mol. The minimum Gasteiger partial charge on any atom is -0.504 e. The van der Waals surface area contributed by atoms with Gasteiger partial charge in [0.2, 0.25) is 5.75 Å². The molecule has 0 bridgehead atoms. The van der Waals surface area contributed by atoms with Crippen molar-refractivity contribution in [3.63, 3.8) is 0 Å². The molecule has 0 saturated carbocycles. The Hall–Kier alpha value is -3.20. The van der Waals surface area contributed by atoms with Crippen LogP contribution >= 0.6 is 0 Å². The lowest BCUT2D eigenvalue weighted by molar-refractivity contribution is -0.137. The third-order valence-electron chi connectivity index (χ3n) is 4.78. The van der Waals surface area contributed by atoms with Gasteiger partial charge in [0.1, 0.15) is 6.61 Å². The summed E-state index contributed by atoms with van der Waals surface area (Å²) in [6.45, 7) is 1.80. The number of hydrogen-bond donors (Lipinski definition) is 1. The van der Waals surface area contributed by atoms with Crippen molar-refractivity contribution in [3.05, 3.63) is 63.8 Å². The maximum absolute atomic E-state index is 12.9. The molecule has 2 aromatic carbocycles. The first kappa shape index (κ1) is 20.1. The summed E-state index contributed by atoms with van der Waals surface area (Å²) in [5, 5.41) is 10.5. The second-order valence-corrected chi connectivity index (χ2v) is 6.83. The fourth-order valence-corrected chi connectivity index (χ4v) is 3.24. The van der Waals surface area contributed by atoms with Crippen LogP contribution in [0, 0.1) is 0 Å². The molecule has 0 amide bonds. The zero-order valence-electron chi connectivity index (χ0n) is 15.7. The van der Waals surface area contributed by atoms with E-state index in [1.807, 2.05) is 4.90 Å². The normalized spacial score (nSPS) is 14.8. The number of hydrogen-bond acceptors (Lipinski definition) is 6. The van der Waals surface area contributed by atoms with E-state index >= 15 is 0 Å². The van der Waals surface area contributed by atoms with Crippen LogP contribution in [0.1, 0.15) is 11.1 Å². The predicted molar refractivity (Wildman–Crippen MR) is 103 cm³/mol. The summed E-state index contributed by atoms with van der Waals surface area (Å²) < 4.78 is 55.5. The van der Waals surface area contributed by atoms with Crippen molar-refractivity contribution in [2.24, 2.45) is 0 Å². The molecule has 1 fully saturated rings. The molecule has 0 spiro atoms. The van der Waals surface area contributed by atoms with Crippen molar-refractivity contribution in [1.29, 1.82) is 0 Å². The number of halogens is 3. The SMILES string of the molecule is O=c1cc(N2CCOCC2)oc2c(OCc3cccc(C(F)(F)F)c3)c(O)ccc12. The largest absolute Gasteiger partial charge is 0.504 e. The van der Waals surface area contributed by atoms with Gasteiger partial charge in [-0.25, -0.2) is 0 Å². The van der Waals surface area contributed by atoms with Crippen molar-refractivity contribution in [3.8, 4) is 11.5 Å². The van der Waals surface area contributed by atoms with Crippen molar-refractivity contribution in [2.75, 3.05) is 31.2 Å². The molecular formula is C21H18F3NO5. The lowest BCUT2D eigenvalue weighted by atomic mass is 10.1. The standard InChI is InChI=1S/C21H18F3NO5/c22-21(23,24)14-3-1-2-13(10-14)12-29-20-16(26)5-4-15-17(27)11-18(30-19(15)20)25-6-8-28-9-7-25/h1-5,10-11,26H,6-9,12H2. The molecule has 1 saturated heterocycles. The molecule has 0 radical (unpaired) electrons. The van der Waals surface area contributed by atoms with E-state index < -0.39 is 11.7 Å². The van der Waals surface area contributed by atoms with Gasteiger partial charge in [-0.3, -0.25) is 4.79 Å². The van der Waals surface area contributed by atoms with Crippen molar-refractivity contribution >= 4 is 16.9 Å². The second-order valence-electron chi connectivity index (χ2n) is 6.83. The first-order valence-electron chi connectivity index (χ1n) is 9.24. The van der Waals surface area contributed by atoms with Gasteiger partial charge in [0.25, 0.3) is 0 Å². The Morgan fingerprint density at radius 1 is 1.10 bits per heavy atom. The lowest BCUT2D eigenvalue weighted by Crippen LogP contribution is -2.36. The van der Waals surface area contributed by atoms with Gasteiger partial charge in [0.15, 0.2) is 22.6 Å². The summed E-state index contributed by atoms with van der Waals surface area (Å²) in [5.74, 6) is -0.0702. The first-order chi connectivity index (χ1) is 14.3. The maximum atomic E-state index is 12.9. The number of anilines is 1. The fourth-order valence-electron chi connectivity index (χ4n) is 3.24. The van der Waals surface area contributed by atoms with E-state index in [1.54, 1.807) is 0 Å². The molecule has 1 aliphatic heterocycles. The van der Waals surface area contributed by atoms with Crippen LogP contribution in [0.15, 0.2) is 51.7 Å². The lowest BCUT2D eigenvalue weighted by Gasteiger charge is -2.27. The Morgan fingerprint density at radius 3 is 2.60 bits per heavy atom. The summed E-state index contributed by atoms with van der Waals surface area (Å²) in [5.41, 5.74) is -0.822. The first-order valence-corrected chi connectivity index (χ1v) is 9.24. The molecule has 1 aliphatic rings. The highest BCUT2D eigenvalue weighted by molar-refractivity contribution is 5.86. The van der Waals surface area contributed by atoms with E-state index in [0.717, 1.165) is 12.1 Å². The Balaban J connectivity index is 1.69. The molecule has 3 aromatic rings. The van der Waals surface area contributed by atoms with E-state index in [2.05, 4.69) is 0 Å². The van der Waals surface area contributed by atoms with Crippen molar-refractivity contribution in [1.82, 2.24) is 0 Å². The van der Waals surface area contributed by atoms with E-state index in [1.165, 1.54) is 30.3 Å². The summed E-state index contributed by atoms with van der Waals surface area (Å²) >= 11 is 0.